The van der Waals surface area contributed by atoms with Gasteiger partial charge in [0, 0.05) is 19.1 Å². The van der Waals surface area contributed by atoms with Crippen LogP contribution in [-0.4, -0.2) is 50.4 Å². The van der Waals surface area contributed by atoms with Gasteiger partial charge in [-0.1, -0.05) is 13.8 Å². The summed E-state index contributed by atoms with van der Waals surface area (Å²) in [6, 6.07) is 1.51. The molecule has 24 heavy (non-hydrogen) atoms. The highest BCUT2D eigenvalue weighted by molar-refractivity contribution is 7.88. The van der Waals surface area contributed by atoms with Crippen molar-refractivity contribution in [3.8, 4) is 0 Å². The lowest BCUT2D eigenvalue weighted by molar-refractivity contribution is -0.129. The van der Waals surface area contributed by atoms with Gasteiger partial charge >= 0.3 is 0 Å². The number of ketones is 1. The van der Waals surface area contributed by atoms with E-state index in [1.807, 2.05) is 19.2 Å². The summed E-state index contributed by atoms with van der Waals surface area (Å²) in [7, 11) is -3.31. The third kappa shape index (κ3) is 4.87. The van der Waals surface area contributed by atoms with Crippen molar-refractivity contribution in [1.82, 2.24) is 9.62 Å². The molecule has 0 bridgehead atoms. The summed E-state index contributed by atoms with van der Waals surface area (Å²) in [5.41, 5.74) is 0.829. The van der Waals surface area contributed by atoms with Gasteiger partial charge in [0.15, 0.2) is 5.78 Å². The average molecular weight is 373 g/mol. The van der Waals surface area contributed by atoms with Gasteiger partial charge in [-0.15, -0.1) is 11.3 Å². The van der Waals surface area contributed by atoms with Crippen molar-refractivity contribution in [2.24, 2.45) is 11.8 Å². The van der Waals surface area contributed by atoms with Gasteiger partial charge in [0.25, 0.3) is 0 Å². The Labute approximate surface area is 147 Å². The first-order chi connectivity index (χ1) is 11.1. The molecule has 134 valence electrons. The first kappa shape index (κ1) is 19.1. The Kier molecular flexibility index (Phi) is 5.83. The summed E-state index contributed by atoms with van der Waals surface area (Å²) in [6.07, 6.45) is 1.38. The zero-order valence-corrected chi connectivity index (χ0v) is 16.0. The van der Waals surface area contributed by atoms with Crippen molar-refractivity contribution in [3.63, 3.8) is 0 Å². The molecule has 0 radical (unpaired) electrons. The number of amides is 1. The first-order valence-corrected chi connectivity index (χ1v) is 10.7. The van der Waals surface area contributed by atoms with Gasteiger partial charge < -0.3 is 4.90 Å². The number of nitrogens with zero attached hydrogens (tertiary/aromatic N) is 1. The largest absolute Gasteiger partial charge is 0.340 e. The van der Waals surface area contributed by atoms with Gasteiger partial charge in [0.05, 0.1) is 17.6 Å². The van der Waals surface area contributed by atoms with Crippen LogP contribution in [0, 0.1) is 11.8 Å². The SMILES string of the molecule is CC(=O)c1cc(CC(=O)N2C[C@H](NS(C)(=O)=O)[C@@H](C(C)C)C2)cs1. The number of carbonyl (C=O) groups excluding carboxylic acids is 2. The lowest BCUT2D eigenvalue weighted by atomic mass is 9.92. The van der Waals surface area contributed by atoms with Crippen LogP contribution < -0.4 is 4.72 Å². The van der Waals surface area contributed by atoms with Crippen LogP contribution in [-0.2, 0) is 21.2 Å². The fourth-order valence-corrected chi connectivity index (χ4v) is 4.66. The Morgan fingerprint density at radius 2 is 2.04 bits per heavy atom. The third-order valence-electron chi connectivity index (χ3n) is 4.30. The highest BCUT2D eigenvalue weighted by Crippen LogP contribution is 2.26. The van der Waals surface area contributed by atoms with Gasteiger partial charge in [-0.25, -0.2) is 13.1 Å². The summed E-state index contributed by atoms with van der Waals surface area (Å²) in [5, 5.41) is 1.83. The molecular weight excluding hydrogens is 348 g/mol. The van der Waals surface area contributed by atoms with Crippen molar-refractivity contribution < 1.29 is 18.0 Å². The summed E-state index contributed by atoms with van der Waals surface area (Å²) >= 11 is 1.34. The monoisotopic (exact) mass is 372 g/mol. The van der Waals surface area contributed by atoms with Gasteiger partial charge in [-0.2, -0.15) is 0 Å². The molecule has 1 aliphatic heterocycles. The topological polar surface area (TPSA) is 83.6 Å². The molecule has 2 heterocycles. The maximum absolute atomic E-state index is 12.5. The standard InChI is InChI=1S/C16H24N2O4S2/c1-10(2)13-7-18(8-14(13)17-24(4,21)22)16(20)6-12-5-15(11(3)19)23-9-12/h5,9-10,13-14,17H,6-8H2,1-4H3/t13-,14+/m1/s1. The number of Topliss-reactive ketones (excluding diaryl/α,β-unsaturated/α-hetero) is 1. The van der Waals surface area contributed by atoms with Crippen LogP contribution in [0.4, 0.5) is 0 Å². The number of nitrogens with one attached hydrogen (secondary N) is 1. The molecule has 8 heteroatoms. The summed E-state index contributed by atoms with van der Waals surface area (Å²) < 4.78 is 25.7. The Hall–Kier alpha value is -1.25. The van der Waals surface area contributed by atoms with Crippen LogP contribution in [0.25, 0.3) is 0 Å². The summed E-state index contributed by atoms with van der Waals surface area (Å²) in [6.45, 7) is 6.51. The molecule has 1 fully saturated rings. The number of hydrogen-bond acceptors (Lipinski definition) is 5. The minimum absolute atomic E-state index is 0.00263. The molecule has 1 amide bonds. The summed E-state index contributed by atoms with van der Waals surface area (Å²) in [5.74, 6) is 0.329. The molecule has 1 saturated heterocycles. The molecule has 0 saturated carbocycles. The van der Waals surface area contributed by atoms with Crippen LogP contribution in [0.3, 0.4) is 0 Å². The third-order valence-corrected chi connectivity index (χ3v) is 6.11. The van der Waals surface area contributed by atoms with Gasteiger partial charge in [-0.3, -0.25) is 9.59 Å². The highest BCUT2D eigenvalue weighted by Gasteiger charge is 2.38. The van der Waals surface area contributed by atoms with Gasteiger partial charge in [0.1, 0.15) is 0 Å². The molecule has 2 rings (SSSR count). The van der Waals surface area contributed by atoms with E-state index in [-0.39, 0.29) is 36.0 Å². The molecular formula is C16H24N2O4S2. The van der Waals surface area contributed by atoms with Crippen LogP contribution in [0.5, 0.6) is 0 Å². The lowest BCUT2D eigenvalue weighted by Crippen LogP contribution is -2.41. The Morgan fingerprint density at radius 3 is 2.54 bits per heavy atom. The van der Waals surface area contributed by atoms with E-state index in [1.54, 1.807) is 11.0 Å². The quantitative estimate of drug-likeness (QED) is 0.768. The van der Waals surface area contributed by atoms with E-state index >= 15 is 0 Å². The number of sulfonamides is 1. The van der Waals surface area contributed by atoms with Crippen molar-refractivity contribution in [1.29, 1.82) is 0 Å². The molecule has 2 atom stereocenters. The average Bonchev–Trinajstić information content (AvgIpc) is 3.03. The van der Waals surface area contributed by atoms with Crippen LogP contribution in [0.1, 0.15) is 36.0 Å². The summed E-state index contributed by atoms with van der Waals surface area (Å²) in [4.78, 5) is 26.3. The first-order valence-electron chi connectivity index (χ1n) is 7.90. The molecule has 1 aromatic heterocycles. The molecule has 1 aliphatic rings. The number of likely N-dealkylation sites (tertiary alicyclic amines) is 1. The van der Waals surface area contributed by atoms with Crippen molar-refractivity contribution in [3.05, 3.63) is 21.9 Å². The maximum atomic E-state index is 12.5. The van der Waals surface area contributed by atoms with Crippen molar-refractivity contribution in [2.75, 3.05) is 19.3 Å². The minimum Gasteiger partial charge on any atom is -0.340 e. The Morgan fingerprint density at radius 1 is 1.38 bits per heavy atom. The van der Waals surface area contributed by atoms with Crippen molar-refractivity contribution in [2.45, 2.75) is 33.2 Å². The van der Waals surface area contributed by atoms with Crippen LogP contribution in [0.15, 0.2) is 11.4 Å². The molecule has 0 unspecified atom stereocenters. The normalized spacial score (nSPS) is 21.5. The second kappa shape index (κ2) is 7.33. The molecule has 0 aromatic carbocycles. The molecule has 1 aromatic rings. The van der Waals surface area contributed by atoms with E-state index in [2.05, 4.69) is 4.72 Å². The van der Waals surface area contributed by atoms with Gasteiger partial charge in [0.2, 0.25) is 15.9 Å². The highest BCUT2D eigenvalue weighted by atomic mass is 32.2. The van der Waals surface area contributed by atoms with E-state index in [1.165, 1.54) is 18.3 Å². The smallest absolute Gasteiger partial charge is 0.227 e. The predicted molar refractivity (Wildman–Crippen MR) is 94.7 cm³/mol. The van der Waals surface area contributed by atoms with Gasteiger partial charge in [-0.05, 0) is 35.8 Å². The zero-order chi connectivity index (χ0) is 18.1. The predicted octanol–water partition coefficient (Wildman–Crippen LogP) is 1.53. The Balaban J connectivity index is 2.05. The van der Waals surface area contributed by atoms with E-state index < -0.39 is 10.0 Å². The van der Waals surface area contributed by atoms with E-state index in [0.29, 0.717) is 18.0 Å². The molecule has 0 spiro atoms. The molecule has 0 aliphatic carbocycles. The fraction of sp³-hybridized carbons (Fsp3) is 0.625. The van der Waals surface area contributed by atoms with E-state index in [0.717, 1.165) is 11.8 Å². The van der Waals surface area contributed by atoms with Crippen LogP contribution in [0.2, 0.25) is 0 Å². The van der Waals surface area contributed by atoms with Crippen molar-refractivity contribution >= 4 is 33.1 Å². The van der Waals surface area contributed by atoms with E-state index in [4.69, 9.17) is 0 Å². The number of thiophene rings is 1. The number of hydrogen-bond donors (Lipinski definition) is 1. The minimum atomic E-state index is -3.31. The lowest BCUT2D eigenvalue weighted by Gasteiger charge is -2.21. The van der Waals surface area contributed by atoms with Crippen LogP contribution >= 0.6 is 11.3 Å². The number of rotatable bonds is 6. The van der Waals surface area contributed by atoms with E-state index in [9.17, 15) is 18.0 Å². The second-order valence-electron chi connectivity index (χ2n) is 6.76. The zero-order valence-electron chi connectivity index (χ0n) is 14.4. The molecule has 6 nitrogen and oxygen atoms in total. The Bertz CT molecular complexity index is 724. The number of carbonyl (C=O) groups is 2. The maximum Gasteiger partial charge on any atom is 0.227 e. The fourth-order valence-electron chi connectivity index (χ4n) is 3.05. The second-order valence-corrected chi connectivity index (χ2v) is 9.45. The molecule has 1 N–H and O–H groups in total.